The van der Waals surface area contributed by atoms with Gasteiger partial charge in [-0.25, -0.2) is 4.98 Å². The predicted octanol–water partition coefficient (Wildman–Crippen LogP) is 1.44. The fourth-order valence-electron chi connectivity index (χ4n) is 1.62. The molecule has 3 heteroatoms. The van der Waals surface area contributed by atoms with E-state index in [0.29, 0.717) is 0 Å². The van der Waals surface area contributed by atoms with Crippen molar-refractivity contribution in [2.45, 2.75) is 20.5 Å². The Morgan fingerprint density at radius 2 is 2.15 bits per heavy atom. The first kappa shape index (κ1) is 8.26. The molecule has 1 N–H and O–H groups in total. The zero-order valence-electron chi connectivity index (χ0n) is 7.78. The molecule has 2 rings (SSSR count). The average molecular weight is 176 g/mol. The average Bonchev–Trinajstić information content (AvgIpc) is 2.42. The quantitative estimate of drug-likeness (QED) is 0.714. The van der Waals surface area contributed by atoms with E-state index in [0.717, 1.165) is 22.7 Å². The topological polar surface area (TPSA) is 37.5 Å². The number of fused-ring (bicyclic) bond motifs is 1. The molecule has 0 bridgehead atoms. The van der Waals surface area contributed by atoms with Crippen LogP contribution in [0.2, 0.25) is 0 Å². The highest BCUT2D eigenvalue weighted by Gasteiger charge is 2.07. The Labute approximate surface area is 76.7 Å². The molecule has 0 aliphatic carbocycles. The van der Waals surface area contributed by atoms with Crippen LogP contribution in [0.1, 0.15) is 17.1 Å². The molecule has 13 heavy (non-hydrogen) atoms. The van der Waals surface area contributed by atoms with E-state index in [9.17, 15) is 0 Å². The van der Waals surface area contributed by atoms with Gasteiger partial charge in [-0.15, -0.1) is 0 Å². The number of pyridine rings is 1. The van der Waals surface area contributed by atoms with Crippen LogP contribution in [0.4, 0.5) is 0 Å². The number of aliphatic hydroxyl groups excluding tert-OH is 1. The lowest BCUT2D eigenvalue weighted by molar-refractivity contribution is 0.274. The molecular formula is C10H12N2O. The van der Waals surface area contributed by atoms with Gasteiger partial charge in [0.05, 0.1) is 18.0 Å². The van der Waals surface area contributed by atoms with Gasteiger partial charge >= 0.3 is 0 Å². The van der Waals surface area contributed by atoms with Gasteiger partial charge in [0.2, 0.25) is 0 Å². The van der Waals surface area contributed by atoms with Crippen LogP contribution in [0.25, 0.3) is 5.65 Å². The van der Waals surface area contributed by atoms with Crippen molar-refractivity contribution >= 4 is 5.65 Å². The maximum absolute atomic E-state index is 9.17. The fourth-order valence-corrected chi connectivity index (χ4v) is 1.62. The number of rotatable bonds is 1. The van der Waals surface area contributed by atoms with Crippen molar-refractivity contribution in [2.75, 3.05) is 0 Å². The Balaban J connectivity index is 2.88. The number of hydrogen-bond acceptors (Lipinski definition) is 2. The highest BCUT2D eigenvalue weighted by Crippen LogP contribution is 2.14. The summed E-state index contributed by atoms with van der Waals surface area (Å²) in [6, 6.07) is 5.92. The van der Waals surface area contributed by atoms with E-state index in [1.165, 1.54) is 0 Å². The van der Waals surface area contributed by atoms with Gasteiger partial charge in [-0.05, 0) is 26.0 Å². The van der Waals surface area contributed by atoms with Crippen molar-refractivity contribution in [3.63, 3.8) is 0 Å². The summed E-state index contributed by atoms with van der Waals surface area (Å²) in [7, 11) is 0. The van der Waals surface area contributed by atoms with E-state index >= 15 is 0 Å². The van der Waals surface area contributed by atoms with Crippen LogP contribution < -0.4 is 0 Å². The number of imidazole rings is 1. The first-order valence-electron chi connectivity index (χ1n) is 4.28. The number of nitrogens with zero attached hydrogens (tertiary/aromatic N) is 2. The molecule has 2 heterocycles. The van der Waals surface area contributed by atoms with Crippen LogP contribution >= 0.6 is 0 Å². The Morgan fingerprint density at radius 3 is 2.85 bits per heavy atom. The van der Waals surface area contributed by atoms with Crippen LogP contribution in [-0.2, 0) is 6.61 Å². The molecule has 0 radical (unpaired) electrons. The van der Waals surface area contributed by atoms with Crippen LogP contribution in [0.15, 0.2) is 18.2 Å². The Hall–Kier alpha value is -1.35. The second kappa shape index (κ2) is 2.85. The first-order valence-corrected chi connectivity index (χ1v) is 4.28. The molecule has 0 aliphatic rings. The molecule has 2 aromatic rings. The normalized spacial score (nSPS) is 11.0. The van der Waals surface area contributed by atoms with Crippen LogP contribution in [0.5, 0.6) is 0 Å². The van der Waals surface area contributed by atoms with E-state index < -0.39 is 0 Å². The Bertz CT molecular complexity index is 445. The highest BCUT2D eigenvalue weighted by molar-refractivity contribution is 5.44. The summed E-state index contributed by atoms with van der Waals surface area (Å²) in [6.07, 6.45) is 0. The molecule has 68 valence electrons. The summed E-state index contributed by atoms with van der Waals surface area (Å²) in [5.41, 5.74) is 3.79. The number of aliphatic hydroxyl groups is 1. The molecule has 0 amide bonds. The highest BCUT2D eigenvalue weighted by atomic mass is 16.3. The van der Waals surface area contributed by atoms with Crippen molar-refractivity contribution in [3.05, 3.63) is 35.3 Å². The van der Waals surface area contributed by atoms with E-state index in [-0.39, 0.29) is 6.61 Å². The van der Waals surface area contributed by atoms with Gasteiger partial charge in [0.1, 0.15) is 5.65 Å². The Morgan fingerprint density at radius 1 is 1.38 bits per heavy atom. The lowest BCUT2D eigenvalue weighted by Gasteiger charge is -2.02. The summed E-state index contributed by atoms with van der Waals surface area (Å²) in [5.74, 6) is 0. The summed E-state index contributed by atoms with van der Waals surface area (Å²) in [4.78, 5) is 4.35. The maximum Gasteiger partial charge on any atom is 0.137 e. The molecule has 0 spiro atoms. The second-order valence-electron chi connectivity index (χ2n) is 3.16. The van der Waals surface area contributed by atoms with Gasteiger partial charge in [-0.1, -0.05) is 6.07 Å². The lowest BCUT2D eigenvalue weighted by Crippen LogP contribution is -1.97. The lowest BCUT2D eigenvalue weighted by atomic mass is 10.3. The summed E-state index contributed by atoms with van der Waals surface area (Å²) in [6.45, 7) is 3.96. The van der Waals surface area contributed by atoms with Gasteiger partial charge in [-0.2, -0.15) is 0 Å². The molecule has 0 saturated carbocycles. The third-order valence-corrected chi connectivity index (χ3v) is 2.28. The zero-order valence-corrected chi connectivity index (χ0v) is 7.78. The Kier molecular flexibility index (Phi) is 1.81. The molecule has 0 aliphatic heterocycles. The monoisotopic (exact) mass is 176 g/mol. The van der Waals surface area contributed by atoms with Gasteiger partial charge in [0.25, 0.3) is 0 Å². The number of aryl methyl sites for hydroxylation is 2. The van der Waals surface area contributed by atoms with Crippen LogP contribution in [-0.4, -0.2) is 14.5 Å². The molecule has 0 atom stereocenters. The smallest absolute Gasteiger partial charge is 0.137 e. The molecule has 0 unspecified atom stereocenters. The minimum absolute atomic E-state index is 0.0395. The van der Waals surface area contributed by atoms with Crippen LogP contribution in [0.3, 0.4) is 0 Å². The molecule has 0 saturated heterocycles. The summed E-state index contributed by atoms with van der Waals surface area (Å²) < 4.78 is 1.98. The van der Waals surface area contributed by atoms with E-state index in [1.54, 1.807) is 0 Å². The minimum Gasteiger partial charge on any atom is -0.390 e. The van der Waals surface area contributed by atoms with E-state index in [2.05, 4.69) is 4.98 Å². The molecule has 0 fully saturated rings. The molecular weight excluding hydrogens is 164 g/mol. The van der Waals surface area contributed by atoms with Crippen molar-refractivity contribution in [1.82, 2.24) is 9.38 Å². The van der Waals surface area contributed by atoms with Crippen molar-refractivity contribution < 1.29 is 5.11 Å². The molecule has 2 aromatic heterocycles. The van der Waals surface area contributed by atoms with E-state index in [4.69, 9.17) is 5.11 Å². The van der Waals surface area contributed by atoms with Crippen LogP contribution in [0, 0.1) is 13.8 Å². The molecule has 0 aromatic carbocycles. The number of hydrogen-bond donors (Lipinski definition) is 1. The van der Waals surface area contributed by atoms with E-state index in [1.807, 2.05) is 36.4 Å². The third-order valence-electron chi connectivity index (χ3n) is 2.28. The summed E-state index contributed by atoms with van der Waals surface area (Å²) in [5, 5.41) is 9.17. The SMILES string of the molecule is Cc1nc2cccc(C)n2c1CO. The van der Waals surface area contributed by atoms with Crippen molar-refractivity contribution in [3.8, 4) is 0 Å². The van der Waals surface area contributed by atoms with Gasteiger partial charge in [0.15, 0.2) is 0 Å². The first-order chi connectivity index (χ1) is 6.24. The predicted molar refractivity (Wildman–Crippen MR) is 50.6 cm³/mol. The largest absolute Gasteiger partial charge is 0.390 e. The maximum atomic E-state index is 9.17. The van der Waals surface area contributed by atoms with Gasteiger partial charge < -0.3 is 5.11 Å². The minimum atomic E-state index is 0.0395. The standard InChI is InChI=1S/C10H12N2O/c1-7-4-3-5-10-11-8(2)9(6-13)12(7)10/h3-5,13H,6H2,1-2H3. The van der Waals surface area contributed by atoms with Gasteiger partial charge in [-0.3, -0.25) is 4.40 Å². The van der Waals surface area contributed by atoms with Gasteiger partial charge in [0, 0.05) is 5.69 Å². The van der Waals surface area contributed by atoms with Crippen molar-refractivity contribution in [1.29, 1.82) is 0 Å². The zero-order chi connectivity index (χ0) is 9.42. The third kappa shape index (κ3) is 1.12. The fraction of sp³-hybridized carbons (Fsp3) is 0.300. The number of aromatic nitrogens is 2. The second-order valence-corrected chi connectivity index (χ2v) is 3.16. The molecule has 3 nitrogen and oxygen atoms in total. The summed E-state index contributed by atoms with van der Waals surface area (Å²) >= 11 is 0. The van der Waals surface area contributed by atoms with Crippen molar-refractivity contribution in [2.24, 2.45) is 0 Å².